The third-order valence-corrected chi connectivity index (χ3v) is 5.46. The van der Waals surface area contributed by atoms with Crippen LogP contribution in [0.1, 0.15) is 30.0 Å². The highest BCUT2D eigenvalue weighted by molar-refractivity contribution is 7.09. The van der Waals surface area contributed by atoms with Gasteiger partial charge in [-0.2, -0.15) is 0 Å². The zero-order valence-electron chi connectivity index (χ0n) is 13.4. The first-order valence-electron chi connectivity index (χ1n) is 8.35. The molecule has 0 radical (unpaired) electrons. The summed E-state index contributed by atoms with van der Waals surface area (Å²) >= 11 is 1.71. The van der Waals surface area contributed by atoms with E-state index < -0.39 is 0 Å². The van der Waals surface area contributed by atoms with Crippen LogP contribution in [0.2, 0.25) is 0 Å². The zero-order chi connectivity index (χ0) is 15.4. The second-order valence-electron chi connectivity index (χ2n) is 6.34. The second kappa shape index (κ2) is 7.53. The fourth-order valence-corrected chi connectivity index (χ4v) is 3.98. The van der Waals surface area contributed by atoms with Gasteiger partial charge in [0.15, 0.2) is 0 Å². The Balaban J connectivity index is 1.47. The van der Waals surface area contributed by atoms with Crippen molar-refractivity contribution < 1.29 is 4.79 Å². The lowest BCUT2D eigenvalue weighted by Gasteiger charge is -2.33. The predicted octanol–water partition coefficient (Wildman–Crippen LogP) is 1.49. The topological polar surface area (TPSA) is 48.5 Å². The number of thiazole rings is 1. The number of carbonyl (C=O) groups is 1. The SMILES string of the molecule is Cc1nc(CN2CCC(C(=O)N3CCCNCC3)CC2)cs1. The Morgan fingerprint density at radius 2 is 2.14 bits per heavy atom. The molecule has 5 nitrogen and oxygen atoms in total. The maximum atomic E-state index is 12.6. The van der Waals surface area contributed by atoms with Crippen molar-refractivity contribution in [1.29, 1.82) is 0 Å². The number of piperidine rings is 1. The molecule has 0 saturated carbocycles. The first-order chi connectivity index (χ1) is 10.7. The molecule has 2 saturated heterocycles. The molecule has 1 aromatic rings. The van der Waals surface area contributed by atoms with Crippen molar-refractivity contribution in [2.24, 2.45) is 5.92 Å². The molecule has 1 aromatic heterocycles. The summed E-state index contributed by atoms with van der Waals surface area (Å²) < 4.78 is 0. The van der Waals surface area contributed by atoms with E-state index in [-0.39, 0.29) is 5.92 Å². The number of amides is 1. The molecule has 0 unspecified atom stereocenters. The van der Waals surface area contributed by atoms with Crippen LogP contribution in [-0.4, -0.2) is 60.0 Å². The summed E-state index contributed by atoms with van der Waals surface area (Å²) in [5.74, 6) is 0.611. The lowest BCUT2D eigenvalue weighted by atomic mass is 9.95. The number of likely N-dealkylation sites (tertiary alicyclic amines) is 1. The highest BCUT2D eigenvalue weighted by atomic mass is 32.1. The number of hydrogen-bond acceptors (Lipinski definition) is 5. The van der Waals surface area contributed by atoms with Gasteiger partial charge in [0.05, 0.1) is 10.7 Å². The van der Waals surface area contributed by atoms with E-state index in [9.17, 15) is 4.79 Å². The molecule has 6 heteroatoms. The predicted molar refractivity (Wildman–Crippen MR) is 88.9 cm³/mol. The Bertz CT molecular complexity index is 488. The average Bonchev–Trinajstić information content (AvgIpc) is 2.78. The van der Waals surface area contributed by atoms with Gasteiger partial charge in [-0.3, -0.25) is 9.69 Å². The molecule has 1 amide bonds. The van der Waals surface area contributed by atoms with E-state index >= 15 is 0 Å². The van der Waals surface area contributed by atoms with Crippen molar-refractivity contribution >= 4 is 17.2 Å². The monoisotopic (exact) mass is 322 g/mol. The van der Waals surface area contributed by atoms with Crippen LogP contribution in [-0.2, 0) is 11.3 Å². The number of nitrogens with one attached hydrogen (secondary N) is 1. The minimum Gasteiger partial charge on any atom is -0.341 e. The van der Waals surface area contributed by atoms with Crippen LogP contribution < -0.4 is 5.32 Å². The fraction of sp³-hybridized carbons (Fsp3) is 0.750. The van der Waals surface area contributed by atoms with Crippen molar-refractivity contribution in [2.45, 2.75) is 32.7 Å². The van der Waals surface area contributed by atoms with E-state index in [1.54, 1.807) is 11.3 Å². The molecule has 0 aromatic carbocycles. The summed E-state index contributed by atoms with van der Waals surface area (Å²) in [4.78, 5) is 21.7. The molecule has 0 atom stereocenters. The first-order valence-corrected chi connectivity index (χ1v) is 9.23. The Morgan fingerprint density at radius 1 is 1.32 bits per heavy atom. The summed E-state index contributed by atoms with van der Waals surface area (Å²) in [5.41, 5.74) is 1.17. The normalized spacial score (nSPS) is 21.8. The largest absolute Gasteiger partial charge is 0.341 e. The molecule has 0 bridgehead atoms. The maximum Gasteiger partial charge on any atom is 0.225 e. The van der Waals surface area contributed by atoms with Gasteiger partial charge < -0.3 is 10.2 Å². The van der Waals surface area contributed by atoms with Crippen LogP contribution in [0.5, 0.6) is 0 Å². The molecule has 1 N–H and O–H groups in total. The highest BCUT2D eigenvalue weighted by Crippen LogP contribution is 2.22. The lowest BCUT2D eigenvalue weighted by Crippen LogP contribution is -2.43. The molecule has 2 fully saturated rings. The quantitative estimate of drug-likeness (QED) is 0.916. The van der Waals surface area contributed by atoms with Crippen molar-refractivity contribution in [3.63, 3.8) is 0 Å². The first kappa shape index (κ1) is 15.9. The van der Waals surface area contributed by atoms with Crippen LogP contribution in [0.15, 0.2) is 5.38 Å². The van der Waals surface area contributed by atoms with Gasteiger partial charge >= 0.3 is 0 Å². The minimum absolute atomic E-state index is 0.228. The molecule has 122 valence electrons. The van der Waals surface area contributed by atoms with Gasteiger partial charge in [-0.15, -0.1) is 11.3 Å². The molecule has 3 heterocycles. The molecule has 0 spiro atoms. The molecule has 22 heavy (non-hydrogen) atoms. The van der Waals surface area contributed by atoms with E-state index in [0.717, 1.165) is 70.1 Å². The van der Waals surface area contributed by atoms with Gasteiger partial charge in [-0.25, -0.2) is 4.98 Å². The Hall–Kier alpha value is -0.980. The second-order valence-corrected chi connectivity index (χ2v) is 7.40. The van der Waals surface area contributed by atoms with E-state index in [2.05, 4.69) is 32.4 Å². The van der Waals surface area contributed by atoms with Crippen molar-refractivity contribution in [2.75, 3.05) is 39.3 Å². The van der Waals surface area contributed by atoms with E-state index in [1.165, 1.54) is 5.69 Å². The van der Waals surface area contributed by atoms with Gasteiger partial charge in [0.2, 0.25) is 5.91 Å². The lowest BCUT2D eigenvalue weighted by molar-refractivity contribution is -0.136. The third kappa shape index (κ3) is 4.06. The van der Waals surface area contributed by atoms with Gasteiger partial charge in [-0.05, 0) is 45.8 Å². The molecular formula is C16H26N4OS. The fourth-order valence-electron chi connectivity index (χ4n) is 3.37. The Labute approximate surface area is 136 Å². The number of nitrogens with zero attached hydrogens (tertiary/aromatic N) is 3. The number of aromatic nitrogens is 1. The van der Waals surface area contributed by atoms with Crippen molar-refractivity contribution in [3.8, 4) is 0 Å². The van der Waals surface area contributed by atoms with E-state index in [1.807, 2.05) is 0 Å². The minimum atomic E-state index is 0.228. The van der Waals surface area contributed by atoms with Crippen LogP contribution in [0, 0.1) is 12.8 Å². The maximum absolute atomic E-state index is 12.6. The number of carbonyl (C=O) groups excluding carboxylic acids is 1. The smallest absolute Gasteiger partial charge is 0.225 e. The molecule has 2 aliphatic heterocycles. The van der Waals surface area contributed by atoms with Crippen LogP contribution in [0.25, 0.3) is 0 Å². The van der Waals surface area contributed by atoms with Gasteiger partial charge in [0.25, 0.3) is 0 Å². The summed E-state index contributed by atoms with van der Waals surface area (Å²) in [5, 5.41) is 6.65. The summed E-state index contributed by atoms with van der Waals surface area (Å²) in [6, 6.07) is 0. The van der Waals surface area contributed by atoms with Gasteiger partial charge in [0, 0.05) is 37.5 Å². The number of aryl methyl sites for hydroxylation is 1. The van der Waals surface area contributed by atoms with Gasteiger partial charge in [-0.1, -0.05) is 0 Å². The molecule has 0 aliphatic carbocycles. The third-order valence-electron chi connectivity index (χ3n) is 4.64. The summed E-state index contributed by atoms with van der Waals surface area (Å²) in [7, 11) is 0. The van der Waals surface area contributed by atoms with Crippen LogP contribution in [0.4, 0.5) is 0 Å². The van der Waals surface area contributed by atoms with Crippen molar-refractivity contribution in [1.82, 2.24) is 20.1 Å². The summed E-state index contributed by atoms with van der Waals surface area (Å²) in [6.07, 6.45) is 3.06. The van der Waals surface area contributed by atoms with Crippen LogP contribution >= 0.6 is 11.3 Å². The number of rotatable bonds is 3. The van der Waals surface area contributed by atoms with E-state index in [0.29, 0.717) is 5.91 Å². The Kier molecular flexibility index (Phi) is 5.44. The number of hydrogen-bond donors (Lipinski definition) is 1. The van der Waals surface area contributed by atoms with Crippen molar-refractivity contribution in [3.05, 3.63) is 16.1 Å². The highest BCUT2D eigenvalue weighted by Gasteiger charge is 2.28. The Morgan fingerprint density at radius 3 is 2.86 bits per heavy atom. The summed E-state index contributed by atoms with van der Waals surface area (Å²) in [6.45, 7) is 8.77. The molecule has 3 rings (SSSR count). The zero-order valence-corrected chi connectivity index (χ0v) is 14.2. The van der Waals surface area contributed by atoms with E-state index in [4.69, 9.17) is 0 Å². The van der Waals surface area contributed by atoms with Gasteiger partial charge in [0.1, 0.15) is 0 Å². The average molecular weight is 322 g/mol. The molecule has 2 aliphatic rings. The standard InChI is InChI=1S/C16H26N4OS/c1-13-18-15(12-22-13)11-19-8-3-14(4-9-19)16(21)20-7-2-5-17-6-10-20/h12,14,17H,2-11H2,1H3. The molecular weight excluding hydrogens is 296 g/mol. The van der Waals surface area contributed by atoms with Crippen LogP contribution in [0.3, 0.4) is 0 Å².